The maximum Gasteiger partial charge on any atom is 0.191 e. The monoisotopic (exact) mass is 542 g/mol. The fraction of sp³-hybridized carbons (Fsp3) is 0.409. The Hall–Kier alpha value is -1.81. The second-order valence-corrected chi connectivity index (χ2v) is 9.63. The summed E-state index contributed by atoms with van der Waals surface area (Å²) in [5, 5.41) is 6.87. The lowest BCUT2D eigenvalue weighted by Gasteiger charge is -2.20. The van der Waals surface area contributed by atoms with E-state index in [-0.39, 0.29) is 29.7 Å². The van der Waals surface area contributed by atoms with Gasteiger partial charge in [0.15, 0.2) is 15.8 Å². The highest BCUT2D eigenvalue weighted by molar-refractivity contribution is 14.0. The maximum atomic E-state index is 11.4. The summed E-state index contributed by atoms with van der Waals surface area (Å²) in [5.41, 5.74) is 3.11. The number of aliphatic imine (C=N–C) groups is 1. The lowest BCUT2D eigenvalue weighted by atomic mass is 10.1. The van der Waals surface area contributed by atoms with E-state index in [1.807, 2.05) is 30.3 Å². The van der Waals surface area contributed by atoms with Gasteiger partial charge in [0.25, 0.3) is 0 Å². The van der Waals surface area contributed by atoms with E-state index in [1.54, 1.807) is 0 Å². The summed E-state index contributed by atoms with van der Waals surface area (Å²) in [7, 11) is -3.01. The number of hydrogen-bond acceptors (Lipinski definition) is 4. The lowest BCUT2D eigenvalue weighted by molar-refractivity contribution is 0.601. The second kappa shape index (κ2) is 11.5. The minimum absolute atomic E-state index is 0. The van der Waals surface area contributed by atoms with Crippen molar-refractivity contribution in [2.75, 3.05) is 30.8 Å². The number of anilines is 1. The third kappa shape index (κ3) is 7.79. The van der Waals surface area contributed by atoms with Gasteiger partial charge >= 0.3 is 0 Å². The Morgan fingerprint density at radius 2 is 1.77 bits per heavy atom. The van der Waals surface area contributed by atoms with Gasteiger partial charge in [-0.2, -0.15) is 0 Å². The third-order valence-corrected chi connectivity index (χ3v) is 5.72. The zero-order valence-electron chi connectivity index (χ0n) is 17.5. The van der Waals surface area contributed by atoms with Crippen molar-refractivity contribution in [3.8, 4) is 0 Å². The smallest absolute Gasteiger partial charge is 0.191 e. The molecule has 30 heavy (non-hydrogen) atoms. The highest BCUT2D eigenvalue weighted by Gasteiger charge is 2.23. The van der Waals surface area contributed by atoms with E-state index >= 15 is 0 Å². The molecule has 0 radical (unpaired) electrons. The molecule has 1 aliphatic rings. The standard InChI is InChI=1S/C22H30N4O2S.HI/c1-3-23-22(24-15-18-9-11-19(12-10-18)17-29(2,27)28)25-20-13-14-26(16-20)21-7-5-4-6-8-21;/h4-12,20H,3,13-17H2,1-2H3,(H2,23,24,25);1H. The topological polar surface area (TPSA) is 73.8 Å². The first-order chi connectivity index (χ1) is 13.9. The van der Waals surface area contributed by atoms with Crippen molar-refractivity contribution in [1.82, 2.24) is 10.6 Å². The van der Waals surface area contributed by atoms with Gasteiger partial charge in [0.1, 0.15) is 0 Å². The Bertz CT molecular complexity index is 918. The number of nitrogens with zero attached hydrogens (tertiary/aromatic N) is 2. The highest BCUT2D eigenvalue weighted by atomic mass is 127. The first kappa shape index (κ1) is 24.5. The van der Waals surface area contributed by atoms with E-state index in [0.29, 0.717) is 12.6 Å². The molecule has 3 rings (SSSR count). The van der Waals surface area contributed by atoms with E-state index in [1.165, 1.54) is 11.9 Å². The van der Waals surface area contributed by atoms with Gasteiger partial charge in [-0.1, -0.05) is 42.5 Å². The Kier molecular flexibility index (Phi) is 9.41. The molecule has 0 bridgehead atoms. The largest absolute Gasteiger partial charge is 0.369 e. The van der Waals surface area contributed by atoms with Gasteiger partial charge in [0.2, 0.25) is 0 Å². The molecule has 2 aromatic carbocycles. The number of halogens is 1. The fourth-order valence-electron chi connectivity index (χ4n) is 3.48. The minimum Gasteiger partial charge on any atom is -0.369 e. The van der Waals surface area contributed by atoms with Crippen LogP contribution >= 0.6 is 24.0 Å². The molecule has 164 valence electrons. The molecule has 6 nitrogen and oxygen atoms in total. The summed E-state index contributed by atoms with van der Waals surface area (Å²) in [6.07, 6.45) is 2.32. The van der Waals surface area contributed by atoms with Gasteiger partial charge < -0.3 is 15.5 Å². The predicted molar refractivity (Wildman–Crippen MR) is 135 cm³/mol. The van der Waals surface area contributed by atoms with Crippen LogP contribution < -0.4 is 15.5 Å². The molecule has 2 N–H and O–H groups in total. The predicted octanol–water partition coefficient (Wildman–Crippen LogP) is 3.18. The lowest BCUT2D eigenvalue weighted by Crippen LogP contribution is -2.44. The van der Waals surface area contributed by atoms with Crippen LogP contribution in [0.15, 0.2) is 59.6 Å². The summed E-state index contributed by atoms with van der Waals surface area (Å²) < 4.78 is 22.8. The summed E-state index contributed by atoms with van der Waals surface area (Å²) in [5.74, 6) is 0.882. The highest BCUT2D eigenvalue weighted by Crippen LogP contribution is 2.19. The van der Waals surface area contributed by atoms with Crippen LogP contribution in [0.3, 0.4) is 0 Å². The van der Waals surface area contributed by atoms with Gasteiger partial charge in [-0.25, -0.2) is 13.4 Å². The van der Waals surface area contributed by atoms with E-state index in [0.717, 1.165) is 43.1 Å². The number of guanidine groups is 1. The molecule has 0 aromatic heterocycles. The quantitative estimate of drug-likeness (QED) is 0.320. The number of para-hydroxylation sites is 1. The van der Waals surface area contributed by atoms with Crippen molar-refractivity contribution in [3.05, 3.63) is 65.7 Å². The van der Waals surface area contributed by atoms with E-state index in [9.17, 15) is 8.42 Å². The van der Waals surface area contributed by atoms with Crippen molar-refractivity contribution in [2.45, 2.75) is 31.7 Å². The number of benzene rings is 2. The van der Waals surface area contributed by atoms with Gasteiger partial charge in [0, 0.05) is 37.6 Å². The van der Waals surface area contributed by atoms with E-state index in [4.69, 9.17) is 4.99 Å². The number of sulfone groups is 1. The molecule has 1 saturated heterocycles. The van der Waals surface area contributed by atoms with Crippen molar-refractivity contribution in [3.63, 3.8) is 0 Å². The van der Waals surface area contributed by atoms with Crippen molar-refractivity contribution in [1.29, 1.82) is 0 Å². The number of hydrogen-bond donors (Lipinski definition) is 2. The molecule has 0 aliphatic carbocycles. The van der Waals surface area contributed by atoms with Crippen LogP contribution in [0.1, 0.15) is 24.5 Å². The Morgan fingerprint density at radius 3 is 2.40 bits per heavy atom. The number of rotatable bonds is 7. The first-order valence-corrected chi connectivity index (χ1v) is 12.1. The summed E-state index contributed by atoms with van der Waals surface area (Å²) in [4.78, 5) is 7.10. The maximum absolute atomic E-state index is 11.4. The summed E-state index contributed by atoms with van der Waals surface area (Å²) >= 11 is 0. The molecule has 0 amide bonds. The molecule has 1 heterocycles. The average Bonchev–Trinajstić information content (AvgIpc) is 3.15. The SMILES string of the molecule is CCNC(=NCc1ccc(CS(C)(=O)=O)cc1)NC1CCN(c2ccccc2)C1.I. The van der Waals surface area contributed by atoms with Crippen LogP contribution in [0.25, 0.3) is 0 Å². The minimum atomic E-state index is -3.01. The van der Waals surface area contributed by atoms with Crippen LogP contribution in [0.5, 0.6) is 0 Å². The Balaban J connectivity index is 0.00000320. The molecule has 1 fully saturated rings. The zero-order chi connectivity index (χ0) is 20.7. The molecule has 1 atom stereocenters. The zero-order valence-corrected chi connectivity index (χ0v) is 20.7. The van der Waals surface area contributed by atoms with Crippen LogP contribution in [0.4, 0.5) is 5.69 Å². The van der Waals surface area contributed by atoms with Crippen molar-refractivity contribution >= 4 is 45.5 Å². The Labute approximate surface area is 197 Å². The summed E-state index contributed by atoms with van der Waals surface area (Å²) in [6.45, 7) is 5.39. The Morgan fingerprint density at radius 1 is 1.10 bits per heavy atom. The average molecular weight is 542 g/mol. The van der Waals surface area contributed by atoms with E-state index in [2.05, 4.69) is 46.7 Å². The van der Waals surface area contributed by atoms with Gasteiger partial charge in [0.05, 0.1) is 12.3 Å². The number of nitrogens with one attached hydrogen (secondary N) is 2. The normalized spacial score (nSPS) is 16.8. The molecular weight excluding hydrogens is 511 g/mol. The van der Waals surface area contributed by atoms with Gasteiger partial charge in [-0.15, -0.1) is 24.0 Å². The van der Waals surface area contributed by atoms with Crippen LogP contribution in [0.2, 0.25) is 0 Å². The molecule has 8 heteroatoms. The molecule has 2 aromatic rings. The molecule has 1 unspecified atom stereocenters. The van der Waals surface area contributed by atoms with E-state index < -0.39 is 9.84 Å². The molecule has 1 aliphatic heterocycles. The van der Waals surface area contributed by atoms with Gasteiger partial charge in [-0.3, -0.25) is 0 Å². The third-order valence-electron chi connectivity index (χ3n) is 4.87. The van der Waals surface area contributed by atoms with Gasteiger partial charge in [-0.05, 0) is 36.6 Å². The second-order valence-electron chi connectivity index (χ2n) is 7.49. The molecule has 0 saturated carbocycles. The molecule has 0 spiro atoms. The molecular formula is C22H31IN4O2S. The fourth-order valence-corrected chi connectivity index (χ4v) is 4.28. The summed E-state index contributed by atoms with van der Waals surface area (Å²) in [6, 6.07) is 18.4. The van der Waals surface area contributed by atoms with Crippen LogP contribution in [0, 0.1) is 0 Å². The van der Waals surface area contributed by atoms with Crippen LogP contribution in [-0.2, 0) is 22.1 Å². The van der Waals surface area contributed by atoms with Crippen molar-refractivity contribution in [2.24, 2.45) is 4.99 Å². The first-order valence-electron chi connectivity index (χ1n) is 10.0. The van der Waals surface area contributed by atoms with Crippen LogP contribution in [-0.4, -0.2) is 46.3 Å². The van der Waals surface area contributed by atoms with Crippen molar-refractivity contribution < 1.29 is 8.42 Å².